The Hall–Kier alpha value is -1.58. The Kier molecular flexibility index (Phi) is 27.1. The number of carbonyl (C=O) groups is 2. The maximum atomic E-state index is 12.1. The van der Waals surface area contributed by atoms with Gasteiger partial charge in [0, 0.05) is 26.0 Å². The first-order valence-corrected chi connectivity index (χ1v) is 25.0. The molecule has 0 spiro atoms. The highest BCUT2D eigenvalue weighted by Crippen LogP contribution is 2.46. The van der Waals surface area contributed by atoms with E-state index in [1.165, 1.54) is 51.5 Å². The number of rotatable bonds is 37. The molecule has 7 atom stereocenters. The van der Waals surface area contributed by atoms with Gasteiger partial charge in [0.1, 0.15) is 25.9 Å². The van der Waals surface area contributed by atoms with E-state index in [1.807, 2.05) is 21.1 Å². The summed E-state index contributed by atoms with van der Waals surface area (Å²) >= 11 is 0. The van der Waals surface area contributed by atoms with Crippen LogP contribution in [0, 0.1) is 0 Å². The second kappa shape index (κ2) is 29.8. The number of carbonyl (C=O) groups excluding carboxylic acids is 2. The van der Waals surface area contributed by atoms with Crippen LogP contribution < -0.4 is 5.73 Å². The van der Waals surface area contributed by atoms with Crippen LogP contribution in [0.2, 0.25) is 0 Å². The van der Waals surface area contributed by atoms with Crippen LogP contribution >= 0.6 is 7.82 Å². The SMILES string of the molecule is CC(=O)O[C@H]1CC[C@@H]2O[C@]1(CCCCCCCCCCCCCCOCC(N)COS(=O)(=O)[O-])O[C@@H]2CCCCC/C=C/C(=O)OCC(O)COP(=O)(O)OCC[N+](C)(C)C. The Balaban J connectivity index is 1.54. The third kappa shape index (κ3) is 27.4. The molecular weight excluding hydrogens is 839 g/mol. The van der Waals surface area contributed by atoms with Crippen LogP contribution in [0.25, 0.3) is 0 Å². The molecule has 0 aromatic carbocycles. The van der Waals surface area contributed by atoms with Crippen molar-refractivity contribution in [1.82, 2.24) is 0 Å². The smallest absolute Gasteiger partial charge is 0.472 e. The summed E-state index contributed by atoms with van der Waals surface area (Å²) in [5.41, 5.74) is 5.66. The first-order chi connectivity index (χ1) is 28.8. The van der Waals surface area contributed by atoms with Crippen LogP contribution in [0.15, 0.2) is 12.2 Å². The fourth-order valence-corrected chi connectivity index (χ4v) is 8.27. The Morgan fingerprint density at radius 2 is 1.49 bits per heavy atom. The van der Waals surface area contributed by atoms with Gasteiger partial charge in [-0.05, 0) is 44.9 Å². The summed E-state index contributed by atoms with van der Waals surface area (Å²) in [5, 5.41) is 9.99. The average Bonchev–Trinajstić information content (AvgIpc) is 3.46. The highest BCUT2D eigenvalue weighted by molar-refractivity contribution is 7.80. The van der Waals surface area contributed by atoms with Crippen LogP contribution in [-0.2, 0) is 61.5 Å². The lowest BCUT2D eigenvalue weighted by Gasteiger charge is -2.38. The monoisotopic (exact) mass is 916 g/mol. The van der Waals surface area contributed by atoms with Gasteiger partial charge in [-0.3, -0.25) is 18.0 Å². The van der Waals surface area contributed by atoms with Crippen molar-refractivity contribution in [2.45, 2.75) is 172 Å². The van der Waals surface area contributed by atoms with E-state index in [0.717, 1.165) is 77.0 Å². The van der Waals surface area contributed by atoms with Gasteiger partial charge in [-0.1, -0.05) is 83.1 Å². The van der Waals surface area contributed by atoms with Gasteiger partial charge >= 0.3 is 19.8 Å². The number of quaternary nitrogens is 1. The quantitative estimate of drug-likeness (QED) is 0.0135. The molecule has 358 valence electrons. The van der Waals surface area contributed by atoms with Gasteiger partial charge in [0.25, 0.3) is 0 Å². The van der Waals surface area contributed by atoms with Gasteiger partial charge < -0.3 is 48.5 Å². The van der Waals surface area contributed by atoms with Crippen molar-refractivity contribution >= 4 is 30.2 Å². The number of aliphatic hydroxyl groups excluding tert-OH is 1. The van der Waals surface area contributed by atoms with E-state index in [1.54, 1.807) is 6.08 Å². The topological polar surface area (TPSA) is 249 Å². The van der Waals surface area contributed by atoms with E-state index in [9.17, 15) is 37.1 Å². The van der Waals surface area contributed by atoms with E-state index in [2.05, 4.69) is 4.18 Å². The molecule has 2 aliphatic heterocycles. The molecule has 0 radical (unpaired) electrons. The number of hydrogen-bond acceptors (Lipinski definition) is 16. The van der Waals surface area contributed by atoms with Gasteiger partial charge in [-0.25, -0.2) is 17.8 Å². The third-order valence-corrected chi connectivity index (χ3v) is 11.8. The van der Waals surface area contributed by atoms with Crippen molar-refractivity contribution < 1.29 is 78.5 Å². The molecule has 2 saturated heterocycles. The fraction of sp³-hybridized carbons (Fsp3) is 0.902. The van der Waals surface area contributed by atoms with E-state index in [0.29, 0.717) is 30.5 Å². The maximum Gasteiger partial charge on any atom is 0.472 e. The molecule has 2 fully saturated rings. The van der Waals surface area contributed by atoms with Gasteiger partial charge in [0.15, 0.2) is 6.10 Å². The Bertz CT molecular complexity index is 1420. The molecule has 18 nitrogen and oxygen atoms in total. The van der Waals surface area contributed by atoms with E-state index >= 15 is 0 Å². The van der Waals surface area contributed by atoms with E-state index in [4.69, 9.17) is 38.5 Å². The molecule has 2 aliphatic rings. The van der Waals surface area contributed by atoms with Gasteiger partial charge in [0.05, 0.1) is 59.2 Å². The lowest BCUT2D eigenvalue weighted by Crippen LogP contribution is -2.49. The zero-order valence-corrected chi connectivity index (χ0v) is 38.8. The summed E-state index contributed by atoms with van der Waals surface area (Å²) in [4.78, 5) is 33.8. The second-order valence-electron chi connectivity index (χ2n) is 17.3. The number of phosphoric acid groups is 1. The van der Waals surface area contributed by atoms with Crippen molar-refractivity contribution in [3.05, 3.63) is 12.2 Å². The van der Waals surface area contributed by atoms with Crippen LogP contribution in [-0.4, -0.2) is 143 Å². The van der Waals surface area contributed by atoms with Crippen molar-refractivity contribution in [3.63, 3.8) is 0 Å². The number of esters is 2. The van der Waals surface area contributed by atoms with E-state index in [-0.39, 0.29) is 44.6 Å². The Morgan fingerprint density at radius 1 is 0.869 bits per heavy atom. The van der Waals surface area contributed by atoms with Crippen LogP contribution in [0.4, 0.5) is 0 Å². The highest BCUT2D eigenvalue weighted by Gasteiger charge is 2.56. The molecule has 0 aromatic rings. The second-order valence-corrected chi connectivity index (χ2v) is 19.8. The molecule has 0 aromatic heterocycles. The Labute approximate surface area is 364 Å². The van der Waals surface area contributed by atoms with Crippen molar-refractivity contribution in [2.75, 3.05) is 67.3 Å². The predicted molar refractivity (Wildman–Crippen MR) is 226 cm³/mol. The Morgan fingerprint density at radius 3 is 2.11 bits per heavy atom. The summed E-state index contributed by atoms with van der Waals surface area (Å²) in [5.74, 6) is -1.85. The zero-order chi connectivity index (χ0) is 45.2. The van der Waals surface area contributed by atoms with E-state index < -0.39 is 54.8 Å². The first-order valence-electron chi connectivity index (χ1n) is 22.2. The first kappa shape index (κ1) is 55.6. The standard InChI is InChI=1S/C41H77N2O16PS/c1-34(44)57-39-25-24-38-37(22-18-14-13-15-19-23-40(46)53-32-36(45)33-55-60(47,48)54-29-27-43(2,3)4)58-41(39,59-38)26-20-16-11-9-7-5-6-8-10-12-17-21-28-52-30-35(42)31-56-61(49,50)51/h19,23,35-39,45H,5-18,20-22,24-33,42H2,1-4H3,(H-,47,48,49,50,51)/b23-19+/t35?,36?,37-,38+,39+,41+/m1/s1. The fourth-order valence-electron chi connectivity index (χ4n) is 7.18. The zero-order valence-electron chi connectivity index (χ0n) is 37.1. The molecule has 2 rings (SSSR count). The normalized spacial score (nSPS) is 22.6. The number of aliphatic hydroxyl groups is 1. The maximum absolute atomic E-state index is 12.1. The number of hydrogen-bond donors (Lipinski definition) is 3. The van der Waals surface area contributed by atoms with Crippen molar-refractivity contribution in [3.8, 4) is 0 Å². The molecule has 0 amide bonds. The summed E-state index contributed by atoms with van der Waals surface area (Å²) < 4.78 is 87.0. The molecule has 4 N–H and O–H groups in total. The number of phosphoric ester groups is 1. The number of ether oxygens (including phenoxy) is 5. The summed E-state index contributed by atoms with van der Waals surface area (Å²) in [6.45, 7) is 1.32. The molecule has 0 saturated carbocycles. The van der Waals surface area contributed by atoms with Crippen molar-refractivity contribution in [1.29, 1.82) is 0 Å². The van der Waals surface area contributed by atoms with Crippen molar-refractivity contribution in [2.24, 2.45) is 5.73 Å². The number of nitrogens with two attached hydrogens (primary N) is 1. The molecule has 3 unspecified atom stereocenters. The summed E-state index contributed by atoms with van der Waals surface area (Å²) in [7, 11) is -3.32. The molecule has 61 heavy (non-hydrogen) atoms. The lowest BCUT2D eigenvalue weighted by atomic mass is 9.93. The molecule has 0 aliphatic carbocycles. The number of fused-ring (bicyclic) bond motifs is 2. The molecule has 2 heterocycles. The van der Waals surface area contributed by atoms with Gasteiger partial charge in [0.2, 0.25) is 16.2 Å². The lowest BCUT2D eigenvalue weighted by molar-refractivity contribution is -0.870. The minimum absolute atomic E-state index is 0.00829. The number of allylic oxidation sites excluding steroid dienone is 1. The molecular formula is C41H77N2O16PS. The summed E-state index contributed by atoms with van der Waals surface area (Å²) in [6.07, 6.45) is 21.1. The molecule has 2 bridgehead atoms. The van der Waals surface area contributed by atoms with Gasteiger partial charge in [-0.2, -0.15) is 0 Å². The van der Waals surface area contributed by atoms with Crippen LogP contribution in [0.1, 0.15) is 135 Å². The van der Waals surface area contributed by atoms with Gasteiger partial charge in [-0.15, -0.1) is 0 Å². The number of nitrogens with zero attached hydrogens (tertiary/aromatic N) is 1. The molecule has 20 heteroatoms. The van der Waals surface area contributed by atoms with Crippen LogP contribution in [0.5, 0.6) is 0 Å². The predicted octanol–water partition coefficient (Wildman–Crippen LogP) is 5.33. The third-order valence-electron chi connectivity index (χ3n) is 10.4. The largest absolute Gasteiger partial charge is 0.726 e. The minimum atomic E-state index is -4.73. The highest BCUT2D eigenvalue weighted by atomic mass is 32.3. The summed E-state index contributed by atoms with van der Waals surface area (Å²) in [6, 6.07) is -0.653. The number of likely N-dealkylation sites (N-methyl/N-ethyl adjacent to an activating group) is 1. The average molecular weight is 917 g/mol. The van der Waals surface area contributed by atoms with Crippen LogP contribution in [0.3, 0.4) is 0 Å². The number of unbranched alkanes of at least 4 members (excludes halogenated alkanes) is 14. The minimum Gasteiger partial charge on any atom is -0.726 e.